The van der Waals surface area contributed by atoms with Gasteiger partial charge >= 0.3 is 0 Å². The number of methoxy groups -OCH3 is 1. The van der Waals surface area contributed by atoms with Crippen molar-refractivity contribution in [2.24, 2.45) is 0 Å². The number of rotatable bonds is 6. The first kappa shape index (κ1) is 18.3. The number of amides is 2. The Kier molecular flexibility index (Phi) is 5.16. The molecule has 0 aliphatic carbocycles. The summed E-state index contributed by atoms with van der Waals surface area (Å²) >= 11 is 1.03. The molecule has 1 N–H and O–H groups in total. The first-order valence-electron chi connectivity index (χ1n) is 8.77. The molecule has 6 nitrogen and oxygen atoms in total. The maximum Gasteiger partial charge on any atom is 0.286 e. The number of fused-ring (bicyclic) bond motifs is 1. The topological polar surface area (TPSA) is 77.5 Å². The third-order valence-electron chi connectivity index (χ3n) is 4.49. The Morgan fingerprint density at radius 2 is 2.00 bits per heavy atom. The molecule has 2 heterocycles. The Bertz CT molecular complexity index is 1050. The van der Waals surface area contributed by atoms with E-state index in [-0.39, 0.29) is 11.1 Å². The molecule has 2 amide bonds. The van der Waals surface area contributed by atoms with Crippen LogP contribution < -0.4 is 14.8 Å². The molecule has 1 fully saturated rings. The third-order valence-corrected chi connectivity index (χ3v) is 5.47. The van der Waals surface area contributed by atoms with Crippen molar-refractivity contribution in [2.75, 3.05) is 7.11 Å². The van der Waals surface area contributed by atoms with Gasteiger partial charge in [0.25, 0.3) is 5.24 Å². The average Bonchev–Trinajstić information content (AvgIpc) is 3.03. The van der Waals surface area contributed by atoms with Crippen molar-refractivity contribution >= 4 is 33.8 Å². The fourth-order valence-electron chi connectivity index (χ4n) is 3.07. The molecular weight excluding hydrogens is 376 g/mol. The highest BCUT2D eigenvalue weighted by Crippen LogP contribution is 2.26. The number of nitrogens with zero attached hydrogens (tertiary/aromatic N) is 1. The molecule has 2 aromatic carbocycles. The molecule has 0 saturated carbocycles. The summed E-state index contributed by atoms with van der Waals surface area (Å²) in [7, 11) is 1.64. The van der Waals surface area contributed by atoms with E-state index < -0.39 is 5.25 Å². The van der Waals surface area contributed by atoms with E-state index in [1.54, 1.807) is 13.3 Å². The summed E-state index contributed by atoms with van der Waals surface area (Å²) in [5.41, 5.74) is 2.69. The number of hydrogen-bond donors (Lipinski definition) is 1. The highest BCUT2D eigenvalue weighted by atomic mass is 32.2. The molecule has 1 aliphatic rings. The van der Waals surface area contributed by atoms with Gasteiger partial charge in [-0.3, -0.25) is 19.9 Å². The maximum absolute atomic E-state index is 11.7. The first-order valence-corrected chi connectivity index (χ1v) is 9.65. The lowest BCUT2D eigenvalue weighted by atomic mass is 10.1. The van der Waals surface area contributed by atoms with Crippen LogP contribution in [0, 0.1) is 0 Å². The molecule has 7 heteroatoms. The minimum Gasteiger partial charge on any atom is -0.496 e. The lowest BCUT2D eigenvalue weighted by Crippen LogP contribution is -2.25. The van der Waals surface area contributed by atoms with Crippen LogP contribution in [0.25, 0.3) is 10.9 Å². The number of ether oxygens (including phenoxy) is 2. The third kappa shape index (κ3) is 3.94. The number of benzene rings is 2. The van der Waals surface area contributed by atoms with Crippen molar-refractivity contribution in [3.05, 3.63) is 65.9 Å². The lowest BCUT2D eigenvalue weighted by Gasteiger charge is -2.11. The van der Waals surface area contributed by atoms with Gasteiger partial charge in [-0.2, -0.15) is 0 Å². The van der Waals surface area contributed by atoms with Gasteiger partial charge in [-0.1, -0.05) is 30.0 Å². The summed E-state index contributed by atoms with van der Waals surface area (Å²) in [5, 5.41) is 2.58. The van der Waals surface area contributed by atoms with Gasteiger partial charge < -0.3 is 9.47 Å². The standard InChI is InChI=1S/C21H18N2O4S/c1-26-18-5-3-2-4-15(18)12-27-16-7-6-14-8-13(11-22-17(14)10-16)9-19-20(24)23-21(25)28-19/h2-8,10-11,19H,9,12H2,1H3,(H,23,24,25). The minimum absolute atomic E-state index is 0.241. The molecule has 0 radical (unpaired) electrons. The number of imide groups is 1. The summed E-state index contributed by atoms with van der Waals surface area (Å²) in [6.07, 6.45) is 2.21. The molecule has 1 saturated heterocycles. The first-order chi connectivity index (χ1) is 13.6. The van der Waals surface area contributed by atoms with Crippen LogP contribution >= 0.6 is 11.8 Å². The van der Waals surface area contributed by atoms with E-state index in [4.69, 9.17) is 9.47 Å². The van der Waals surface area contributed by atoms with Crippen LogP contribution in [0.3, 0.4) is 0 Å². The molecule has 4 rings (SSSR count). The van der Waals surface area contributed by atoms with Crippen molar-refractivity contribution in [1.82, 2.24) is 10.3 Å². The van der Waals surface area contributed by atoms with Crippen LogP contribution in [0.1, 0.15) is 11.1 Å². The highest BCUT2D eigenvalue weighted by molar-refractivity contribution is 8.15. The quantitative estimate of drug-likeness (QED) is 0.687. The van der Waals surface area contributed by atoms with Crippen LogP contribution in [-0.4, -0.2) is 28.5 Å². The fourth-order valence-corrected chi connectivity index (χ4v) is 3.93. The van der Waals surface area contributed by atoms with Crippen molar-refractivity contribution in [2.45, 2.75) is 18.3 Å². The zero-order chi connectivity index (χ0) is 19.5. The molecule has 1 aliphatic heterocycles. The van der Waals surface area contributed by atoms with Gasteiger partial charge in [-0.15, -0.1) is 0 Å². The Hall–Kier alpha value is -3.06. The summed E-state index contributed by atoms with van der Waals surface area (Å²) in [6, 6.07) is 15.4. The number of nitrogens with one attached hydrogen (secondary N) is 1. The SMILES string of the molecule is COc1ccccc1COc1ccc2cc(CC3SC(=O)NC3=O)cnc2c1. The van der Waals surface area contributed by atoms with E-state index in [1.165, 1.54) is 0 Å². The van der Waals surface area contributed by atoms with E-state index in [0.29, 0.717) is 13.0 Å². The molecular formula is C21H18N2O4S. The van der Waals surface area contributed by atoms with Crippen molar-refractivity contribution in [3.63, 3.8) is 0 Å². The summed E-state index contributed by atoms with van der Waals surface area (Å²) in [5.74, 6) is 1.27. The van der Waals surface area contributed by atoms with Crippen molar-refractivity contribution < 1.29 is 19.1 Å². The zero-order valence-electron chi connectivity index (χ0n) is 15.2. The highest BCUT2D eigenvalue weighted by Gasteiger charge is 2.31. The van der Waals surface area contributed by atoms with Gasteiger partial charge in [0.15, 0.2) is 0 Å². The number of carbonyl (C=O) groups is 2. The Balaban J connectivity index is 1.47. The molecule has 142 valence electrons. The molecule has 0 bridgehead atoms. The van der Waals surface area contributed by atoms with E-state index in [2.05, 4.69) is 10.3 Å². The number of carbonyl (C=O) groups excluding carboxylic acids is 2. The van der Waals surface area contributed by atoms with Crippen LogP contribution in [0.15, 0.2) is 54.7 Å². The summed E-state index contributed by atoms with van der Waals surface area (Å²) in [4.78, 5) is 27.5. The number of thioether (sulfide) groups is 1. The molecule has 1 atom stereocenters. The average molecular weight is 394 g/mol. The van der Waals surface area contributed by atoms with E-state index >= 15 is 0 Å². The van der Waals surface area contributed by atoms with Gasteiger partial charge in [0.2, 0.25) is 5.91 Å². The molecule has 28 heavy (non-hydrogen) atoms. The predicted molar refractivity (Wildman–Crippen MR) is 108 cm³/mol. The Labute approximate surface area is 166 Å². The number of aromatic nitrogens is 1. The van der Waals surface area contributed by atoms with Gasteiger partial charge in [-0.25, -0.2) is 0 Å². The normalized spacial score (nSPS) is 16.2. The second-order valence-corrected chi connectivity index (χ2v) is 7.56. The van der Waals surface area contributed by atoms with Gasteiger partial charge in [0, 0.05) is 23.2 Å². The largest absolute Gasteiger partial charge is 0.496 e. The monoisotopic (exact) mass is 394 g/mol. The lowest BCUT2D eigenvalue weighted by molar-refractivity contribution is -0.118. The maximum atomic E-state index is 11.7. The van der Waals surface area contributed by atoms with Gasteiger partial charge in [0.1, 0.15) is 18.1 Å². The van der Waals surface area contributed by atoms with E-state index in [9.17, 15) is 9.59 Å². The zero-order valence-corrected chi connectivity index (χ0v) is 16.0. The van der Waals surface area contributed by atoms with Crippen LogP contribution in [0.2, 0.25) is 0 Å². The van der Waals surface area contributed by atoms with Crippen LogP contribution in [0.4, 0.5) is 4.79 Å². The number of para-hydroxylation sites is 1. The van der Waals surface area contributed by atoms with E-state index in [0.717, 1.165) is 45.3 Å². The molecule has 3 aromatic rings. The summed E-state index contributed by atoms with van der Waals surface area (Å²) < 4.78 is 11.2. The number of hydrogen-bond acceptors (Lipinski definition) is 6. The molecule has 1 aromatic heterocycles. The predicted octanol–water partition coefficient (Wildman–Crippen LogP) is 3.72. The Morgan fingerprint density at radius 1 is 1.14 bits per heavy atom. The number of pyridine rings is 1. The second kappa shape index (κ2) is 7.90. The van der Waals surface area contributed by atoms with Crippen LogP contribution in [-0.2, 0) is 17.8 Å². The van der Waals surface area contributed by atoms with Crippen LogP contribution in [0.5, 0.6) is 11.5 Å². The second-order valence-electron chi connectivity index (χ2n) is 6.39. The van der Waals surface area contributed by atoms with Gasteiger partial charge in [-0.05, 0) is 36.2 Å². The minimum atomic E-state index is -0.393. The van der Waals surface area contributed by atoms with Crippen molar-refractivity contribution in [1.29, 1.82) is 0 Å². The van der Waals surface area contributed by atoms with Crippen molar-refractivity contribution in [3.8, 4) is 11.5 Å². The summed E-state index contributed by atoms with van der Waals surface area (Å²) in [6.45, 7) is 0.398. The Morgan fingerprint density at radius 3 is 2.79 bits per heavy atom. The molecule has 1 unspecified atom stereocenters. The van der Waals surface area contributed by atoms with E-state index in [1.807, 2.05) is 48.5 Å². The fraction of sp³-hybridized carbons (Fsp3) is 0.190. The smallest absolute Gasteiger partial charge is 0.286 e. The van der Waals surface area contributed by atoms with Gasteiger partial charge in [0.05, 0.1) is 17.9 Å². The molecule has 0 spiro atoms.